The van der Waals surface area contributed by atoms with Gasteiger partial charge in [0.15, 0.2) is 0 Å². The van der Waals surface area contributed by atoms with Crippen molar-refractivity contribution in [3.8, 4) is 11.3 Å². The summed E-state index contributed by atoms with van der Waals surface area (Å²) < 4.78 is 2.03. The molecule has 0 saturated heterocycles. The molecule has 0 unspecified atom stereocenters. The molecule has 1 aliphatic heterocycles. The molecule has 2 aliphatic rings. The third-order valence-electron chi connectivity index (χ3n) is 6.20. The summed E-state index contributed by atoms with van der Waals surface area (Å²) in [5.74, 6) is -0.0843. The Labute approximate surface area is 166 Å². The number of carbonyl (C=O) groups is 2. The van der Waals surface area contributed by atoms with Crippen LogP contribution in [0.3, 0.4) is 0 Å². The lowest BCUT2D eigenvalue weighted by Crippen LogP contribution is -2.64. The lowest BCUT2D eigenvalue weighted by Gasteiger charge is -2.44. The lowest BCUT2D eigenvalue weighted by molar-refractivity contribution is -0.133. The number of nitrogens with one attached hydrogen (secondary N) is 1. The second-order valence-corrected chi connectivity index (χ2v) is 8.24. The predicted octanol–water partition coefficient (Wildman–Crippen LogP) is 3.84. The molecule has 4 rings (SSSR count). The van der Waals surface area contributed by atoms with Gasteiger partial charge in [-0.1, -0.05) is 50.1 Å². The molecule has 2 heterocycles. The van der Waals surface area contributed by atoms with Gasteiger partial charge in [-0.25, -0.2) is 0 Å². The molecule has 0 bridgehead atoms. The maximum absolute atomic E-state index is 13.4. The van der Waals surface area contributed by atoms with Crippen LogP contribution in [0.4, 0.5) is 0 Å². The fraction of sp³-hybridized carbons (Fsp3) is 0.478. The molecule has 5 nitrogen and oxygen atoms in total. The Morgan fingerprint density at radius 2 is 1.79 bits per heavy atom. The first-order chi connectivity index (χ1) is 13.5. The van der Waals surface area contributed by atoms with Crippen molar-refractivity contribution in [2.24, 2.45) is 0 Å². The summed E-state index contributed by atoms with van der Waals surface area (Å²) in [4.78, 5) is 28.5. The molecule has 0 radical (unpaired) electrons. The van der Waals surface area contributed by atoms with Crippen molar-refractivity contribution in [3.05, 3.63) is 48.2 Å². The summed E-state index contributed by atoms with van der Waals surface area (Å²) in [5.41, 5.74) is 1.83. The Morgan fingerprint density at radius 1 is 1.11 bits per heavy atom. The fourth-order valence-electron chi connectivity index (χ4n) is 4.62. The van der Waals surface area contributed by atoms with Crippen LogP contribution in [-0.2, 0) is 11.3 Å². The van der Waals surface area contributed by atoms with Gasteiger partial charge in [0.2, 0.25) is 5.91 Å². The van der Waals surface area contributed by atoms with E-state index in [1.165, 1.54) is 12.8 Å². The van der Waals surface area contributed by atoms with E-state index in [1.54, 1.807) is 4.90 Å². The van der Waals surface area contributed by atoms with Crippen LogP contribution in [0, 0.1) is 0 Å². The monoisotopic (exact) mass is 379 g/mol. The van der Waals surface area contributed by atoms with Crippen LogP contribution in [0.5, 0.6) is 0 Å². The summed E-state index contributed by atoms with van der Waals surface area (Å²) in [7, 11) is 0. The highest BCUT2D eigenvalue weighted by Crippen LogP contribution is 2.33. The molecule has 1 aromatic heterocycles. The first kappa shape index (κ1) is 18.8. The zero-order chi connectivity index (χ0) is 19.7. The normalized spacial score (nSPS) is 22.4. The average Bonchev–Trinajstić information content (AvgIpc) is 3.35. The van der Waals surface area contributed by atoms with Crippen LogP contribution in [0.2, 0.25) is 0 Å². The molecule has 2 amide bonds. The van der Waals surface area contributed by atoms with Crippen LogP contribution in [0.25, 0.3) is 11.3 Å². The van der Waals surface area contributed by atoms with Crippen LogP contribution in [0.15, 0.2) is 42.5 Å². The highest BCUT2D eigenvalue weighted by atomic mass is 16.2. The summed E-state index contributed by atoms with van der Waals surface area (Å²) in [6.07, 6.45) is 5.23. The zero-order valence-corrected chi connectivity index (χ0v) is 16.8. The average molecular weight is 380 g/mol. The van der Waals surface area contributed by atoms with Crippen molar-refractivity contribution >= 4 is 11.8 Å². The molecule has 5 heteroatoms. The second-order valence-electron chi connectivity index (χ2n) is 8.24. The van der Waals surface area contributed by atoms with E-state index in [-0.39, 0.29) is 17.9 Å². The van der Waals surface area contributed by atoms with Gasteiger partial charge in [0.05, 0.1) is 6.54 Å². The number of hydrogen-bond donors (Lipinski definition) is 1. The number of hydrogen-bond acceptors (Lipinski definition) is 2. The van der Waals surface area contributed by atoms with Gasteiger partial charge in [-0.05, 0) is 43.9 Å². The number of benzene rings is 1. The van der Waals surface area contributed by atoms with E-state index in [0.29, 0.717) is 18.8 Å². The largest absolute Gasteiger partial charge is 0.351 e. The molecule has 1 N–H and O–H groups in total. The van der Waals surface area contributed by atoms with Crippen molar-refractivity contribution in [2.45, 2.75) is 64.1 Å². The smallest absolute Gasteiger partial charge is 0.271 e. The molecule has 1 saturated carbocycles. The molecule has 2 aromatic rings. The van der Waals surface area contributed by atoms with Gasteiger partial charge in [-0.3, -0.25) is 9.59 Å². The second kappa shape index (κ2) is 7.46. The molecular formula is C23H29N3O2. The Balaban J connectivity index is 1.72. The van der Waals surface area contributed by atoms with E-state index in [0.717, 1.165) is 30.5 Å². The minimum absolute atomic E-state index is 0.0282. The Hall–Kier alpha value is -2.56. The van der Waals surface area contributed by atoms with Gasteiger partial charge in [0, 0.05) is 18.3 Å². The van der Waals surface area contributed by atoms with E-state index in [9.17, 15) is 9.59 Å². The van der Waals surface area contributed by atoms with Gasteiger partial charge in [-0.2, -0.15) is 0 Å². The Kier molecular flexibility index (Phi) is 5.00. The minimum Gasteiger partial charge on any atom is -0.351 e. The van der Waals surface area contributed by atoms with Crippen LogP contribution < -0.4 is 5.32 Å². The highest BCUT2D eigenvalue weighted by molar-refractivity contribution is 6.00. The van der Waals surface area contributed by atoms with E-state index in [1.807, 2.05) is 60.9 Å². The van der Waals surface area contributed by atoms with Crippen molar-refractivity contribution in [2.75, 3.05) is 6.54 Å². The maximum Gasteiger partial charge on any atom is 0.271 e. The standard InChI is InChI=1S/C23H29N3O2/c1-3-15-26-21(27)20-14-13-19(17-9-5-4-6-10-17)25(20)16-23(26,2)22(28)24-18-11-7-8-12-18/h4-6,9-10,13-14,18H,3,7-8,11-12,15-16H2,1-2H3,(H,24,28)/t23-/m1/s1. The van der Waals surface area contributed by atoms with Crippen LogP contribution in [-0.4, -0.2) is 39.4 Å². The first-order valence-corrected chi connectivity index (χ1v) is 10.4. The molecule has 1 atom stereocenters. The number of aromatic nitrogens is 1. The van der Waals surface area contributed by atoms with Gasteiger partial charge < -0.3 is 14.8 Å². The third kappa shape index (κ3) is 3.13. The van der Waals surface area contributed by atoms with Crippen LogP contribution in [0.1, 0.15) is 56.4 Å². The summed E-state index contributed by atoms with van der Waals surface area (Å²) >= 11 is 0. The molecule has 28 heavy (non-hydrogen) atoms. The molecule has 0 spiro atoms. The molecule has 148 valence electrons. The summed E-state index contributed by atoms with van der Waals surface area (Å²) in [5, 5.41) is 3.23. The van der Waals surface area contributed by atoms with Crippen molar-refractivity contribution in [3.63, 3.8) is 0 Å². The molecule has 1 aromatic carbocycles. The topological polar surface area (TPSA) is 54.3 Å². The number of amides is 2. The molecular weight excluding hydrogens is 350 g/mol. The predicted molar refractivity (Wildman–Crippen MR) is 110 cm³/mol. The summed E-state index contributed by atoms with van der Waals surface area (Å²) in [6, 6.07) is 14.2. The molecule has 1 fully saturated rings. The van der Waals surface area contributed by atoms with Gasteiger partial charge in [0.1, 0.15) is 11.2 Å². The van der Waals surface area contributed by atoms with Crippen molar-refractivity contribution in [1.82, 2.24) is 14.8 Å². The van der Waals surface area contributed by atoms with E-state index in [2.05, 4.69) is 5.32 Å². The number of carbonyl (C=O) groups excluding carboxylic acids is 2. The third-order valence-corrected chi connectivity index (χ3v) is 6.20. The first-order valence-electron chi connectivity index (χ1n) is 10.4. The highest BCUT2D eigenvalue weighted by Gasteiger charge is 2.47. The van der Waals surface area contributed by atoms with Crippen LogP contribution >= 0.6 is 0 Å². The Morgan fingerprint density at radius 3 is 2.46 bits per heavy atom. The van der Waals surface area contributed by atoms with Gasteiger partial charge in [-0.15, -0.1) is 0 Å². The van der Waals surface area contributed by atoms with E-state index in [4.69, 9.17) is 0 Å². The van der Waals surface area contributed by atoms with Gasteiger partial charge in [0.25, 0.3) is 5.91 Å². The van der Waals surface area contributed by atoms with E-state index < -0.39 is 5.54 Å². The van der Waals surface area contributed by atoms with Gasteiger partial charge >= 0.3 is 0 Å². The van der Waals surface area contributed by atoms with Crippen molar-refractivity contribution < 1.29 is 9.59 Å². The fourth-order valence-corrected chi connectivity index (χ4v) is 4.62. The zero-order valence-electron chi connectivity index (χ0n) is 16.8. The quantitative estimate of drug-likeness (QED) is 0.858. The lowest BCUT2D eigenvalue weighted by atomic mass is 9.93. The number of nitrogens with zero attached hydrogens (tertiary/aromatic N) is 2. The molecule has 1 aliphatic carbocycles. The Bertz CT molecular complexity index is 867. The van der Waals surface area contributed by atoms with Crippen molar-refractivity contribution in [1.29, 1.82) is 0 Å². The van der Waals surface area contributed by atoms with E-state index >= 15 is 0 Å². The SMILES string of the molecule is CCCN1C(=O)c2ccc(-c3ccccc3)n2C[C@]1(C)C(=O)NC1CCCC1. The number of rotatable bonds is 5. The minimum atomic E-state index is -0.884. The maximum atomic E-state index is 13.4. The summed E-state index contributed by atoms with van der Waals surface area (Å²) in [6.45, 7) is 5.03. The number of fused-ring (bicyclic) bond motifs is 1.